The molecule has 4 nitrogen and oxygen atoms in total. The van der Waals surface area contributed by atoms with Crippen LogP contribution in [-0.4, -0.2) is 48.8 Å². The largest absolute Gasteiger partial charge is 0.497 e. The molecule has 1 fully saturated rings. The average molecular weight is 324 g/mol. The van der Waals surface area contributed by atoms with Crippen molar-refractivity contribution in [2.45, 2.75) is 0 Å². The highest BCUT2D eigenvalue weighted by atomic mass is 35.5. The zero-order chi connectivity index (χ0) is 14.8. The summed E-state index contributed by atoms with van der Waals surface area (Å²) in [5.74, 6) is 0.841. The van der Waals surface area contributed by atoms with Crippen molar-refractivity contribution in [2.24, 2.45) is 0 Å². The highest BCUT2D eigenvalue weighted by Crippen LogP contribution is 2.33. The first kappa shape index (κ1) is 14.8. The van der Waals surface area contributed by atoms with Crippen molar-refractivity contribution >= 4 is 40.0 Å². The number of pyridine rings is 1. The third-order valence-corrected chi connectivity index (χ3v) is 5.05. The fraction of sp³-hybridized carbons (Fsp3) is 0.400. The summed E-state index contributed by atoms with van der Waals surface area (Å²) in [4.78, 5) is 6.71. The first-order valence-electron chi connectivity index (χ1n) is 6.89. The number of nitrogens with zero attached hydrogens (tertiary/aromatic N) is 3. The number of rotatable bonds is 3. The number of aromatic nitrogens is 1. The topological polar surface area (TPSA) is 28.6 Å². The number of ether oxygens (including phenoxy) is 1. The SMILES string of the molecule is COc1ccc2c(Cl)ncc(N3CCN(SC)CC3)c2c1. The fourth-order valence-electron chi connectivity index (χ4n) is 2.66. The lowest BCUT2D eigenvalue weighted by atomic mass is 10.1. The Morgan fingerprint density at radius 2 is 1.95 bits per heavy atom. The number of benzene rings is 1. The van der Waals surface area contributed by atoms with Gasteiger partial charge in [0.05, 0.1) is 19.0 Å². The summed E-state index contributed by atoms with van der Waals surface area (Å²) in [6.45, 7) is 4.09. The van der Waals surface area contributed by atoms with Gasteiger partial charge in [-0.1, -0.05) is 23.5 Å². The van der Waals surface area contributed by atoms with Crippen LogP contribution in [-0.2, 0) is 0 Å². The summed E-state index contributed by atoms with van der Waals surface area (Å²) in [6.07, 6.45) is 4.00. The fourth-order valence-corrected chi connectivity index (χ4v) is 3.40. The average Bonchev–Trinajstić information content (AvgIpc) is 2.55. The molecule has 2 aromatic rings. The molecule has 0 saturated carbocycles. The van der Waals surface area contributed by atoms with Gasteiger partial charge >= 0.3 is 0 Å². The van der Waals surface area contributed by atoms with Crippen molar-refractivity contribution in [3.05, 3.63) is 29.5 Å². The van der Waals surface area contributed by atoms with Crippen LogP contribution in [0.4, 0.5) is 5.69 Å². The normalized spacial score (nSPS) is 16.4. The van der Waals surface area contributed by atoms with Crippen molar-refractivity contribution < 1.29 is 4.74 Å². The van der Waals surface area contributed by atoms with Gasteiger partial charge in [0.1, 0.15) is 10.9 Å². The maximum absolute atomic E-state index is 6.23. The Balaban J connectivity index is 2.00. The Kier molecular flexibility index (Phi) is 4.42. The van der Waals surface area contributed by atoms with E-state index in [0.29, 0.717) is 5.15 Å². The molecule has 1 aromatic heterocycles. The summed E-state index contributed by atoms with van der Waals surface area (Å²) in [6, 6.07) is 5.94. The first-order chi connectivity index (χ1) is 10.2. The lowest BCUT2D eigenvalue weighted by Gasteiger charge is -2.35. The molecule has 3 rings (SSSR count). The minimum absolute atomic E-state index is 0.541. The molecule has 0 bridgehead atoms. The van der Waals surface area contributed by atoms with Crippen molar-refractivity contribution in [1.82, 2.24) is 9.29 Å². The molecule has 2 heterocycles. The van der Waals surface area contributed by atoms with Gasteiger partial charge in [0, 0.05) is 37.0 Å². The second-order valence-electron chi connectivity index (χ2n) is 4.94. The predicted octanol–water partition coefficient (Wildman–Crippen LogP) is 3.30. The summed E-state index contributed by atoms with van der Waals surface area (Å²) in [5, 5.41) is 2.62. The van der Waals surface area contributed by atoms with E-state index < -0.39 is 0 Å². The monoisotopic (exact) mass is 323 g/mol. The molecule has 1 aromatic carbocycles. The Labute approximate surface area is 134 Å². The van der Waals surface area contributed by atoms with Crippen LogP contribution in [0.5, 0.6) is 5.75 Å². The van der Waals surface area contributed by atoms with E-state index >= 15 is 0 Å². The summed E-state index contributed by atoms with van der Waals surface area (Å²) < 4.78 is 7.72. The Morgan fingerprint density at radius 1 is 1.19 bits per heavy atom. The van der Waals surface area contributed by atoms with E-state index in [1.807, 2.05) is 24.4 Å². The van der Waals surface area contributed by atoms with E-state index in [0.717, 1.165) is 48.4 Å². The number of piperazine rings is 1. The number of methoxy groups -OCH3 is 1. The van der Waals surface area contributed by atoms with Crippen LogP contribution in [0.1, 0.15) is 0 Å². The summed E-state index contributed by atoms with van der Waals surface area (Å²) in [5.41, 5.74) is 1.13. The third kappa shape index (κ3) is 2.91. The minimum Gasteiger partial charge on any atom is -0.497 e. The second kappa shape index (κ2) is 6.30. The van der Waals surface area contributed by atoms with Crippen LogP contribution in [0.15, 0.2) is 24.4 Å². The molecule has 0 radical (unpaired) electrons. The van der Waals surface area contributed by atoms with Crippen molar-refractivity contribution in [3.63, 3.8) is 0 Å². The number of halogens is 1. The summed E-state index contributed by atoms with van der Waals surface area (Å²) >= 11 is 8.03. The van der Waals surface area contributed by atoms with Gasteiger partial charge in [-0.25, -0.2) is 9.29 Å². The maximum Gasteiger partial charge on any atom is 0.136 e. The van der Waals surface area contributed by atoms with Gasteiger partial charge < -0.3 is 9.64 Å². The lowest BCUT2D eigenvalue weighted by molar-refractivity contribution is 0.415. The Morgan fingerprint density at radius 3 is 2.62 bits per heavy atom. The molecule has 0 N–H and O–H groups in total. The molecule has 0 atom stereocenters. The van der Waals surface area contributed by atoms with Gasteiger partial charge in [-0.15, -0.1) is 0 Å². The first-order valence-corrected chi connectivity index (χ1v) is 8.45. The van der Waals surface area contributed by atoms with Crippen molar-refractivity contribution in [1.29, 1.82) is 0 Å². The van der Waals surface area contributed by atoms with Crippen LogP contribution in [0, 0.1) is 0 Å². The molecule has 21 heavy (non-hydrogen) atoms. The van der Waals surface area contributed by atoms with Gasteiger partial charge in [0.2, 0.25) is 0 Å². The van der Waals surface area contributed by atoms with Gasteiger partial charge in [0.15, 0.2) is 0 Å². The van der Waals surface area contributed by atoms with E-state index in [1.165, 1.54) is 0 Å². The van der Waals surface area contributed by atoms with Crippen LogP contribution in [0.25, 0.3) is 10.8 Å². The molecule has 1 aliphatic heterocycles. The number of fused-ring (bicyclic) bond motifs is 1. The number of hydrogen-bond donors (Lipinski definition) is 0. The Hall–Kier alpha value is -1.17. The zero-order valence-electron chi connectivity index (χ0n) is 12.2. The molecule has 6 heteroatoms. The quantitative estimate of drug-likeness (QED) is 0.638. The lowest BCUT2D eigenvalue weighted by Crippen LogP contribution is -2.43. The molecule has 1 saturated heterocycles. The Bertz CT molecular complexity index is 644. The molecule has 0 unspecified atom stereocenters. The van der Waals surface area contributed by atoms with E-state index in [-0.39, 0.29) is 0 Å². The molecular weight excluding hydrogens is 306 g/mol. The minimum atomic E-state index is 0.541. The molecule has 112 valence electrons. The van der Waals surface area contributed by atoms with Gasteiger partial charge in [-0.2, -0.15) is 0 Å². The predicted molar refractivity (Wildman–Crippen MR) is 90.6 cm³/mol. The van der Waals surface area contributed by atoms with Crippen LogP contribution < -0.4 is 9.64 Å². The van der Waals surface area contributed by atoms with Gasteiger partial charge in [0.25, 0.3) is 0 Å². The van der Waals surface area contributed by atoms with Crippen LogP contribution in [0.2, 0.25) is 5.15 Å². The highest BCUT2D eigenvalue weighted by Gasteiger charge is 2.19. The maximum atomic E-state index is 6.23. The second-order valence-corrected chi connectivity index (χ2v) is 6.18. The van der Waals surface area contributed by atoms with Crippen molar-refractivity contribution in [3.8, 4) is 5.75 Å². The van der Waals surface area contributed by atoms with Crippen LogP contribution in [0.3, 0.4) is 0 Å². The third-order valence-electron chi connectivity index (χ3n) is 3.86. The van der Waals surface area contributed by atoms with E-state index in [9.17, 15) is 0 Å². The smallest absolute Gasteiger partial charge is 0.136 e. The van der Waals surface area contributed by atoms with Crippen LogP contribution >= 0.6 is 23.5 Å². The highest BCUT2D eigenvalue weighted by molar-refractivity contribution is 7.96. The molecule has 1 aliphatic rings. The zero-order valence-corrected chi connectivity index (χ0v) is 13.7. The van der Waals surface area contributed by atoms with E-state index in [4.69, 9.17) is 16.3 Å². The standard InChI is InChI=1S/C15H18ClN3OS/c1-20-11-3-4-12-13(9-11)14(10-17-15(12)16)18-5-7-19(21-2)8-6-18/h3-4,9-10H,5-8H2,1-2H3. The van der Waals surface area contributed by atoms with Gasteiger partial charge in [-0.05, 0) is 24.5 Å². The molecule has 0 amide bonds. The summed E-state index contributed by atoms with van der Waals surface area (Å²) in [7, 11) is 1.68. The van der Waals surface area contributed by atoms with E-state index in [1.54, 1.807) is 19.1 Å². The number of hydrogen-bond acceptors (Lipinski definition) is 5. The molecule has 0 spiro atoms. The molecule has 0 aliphatic carbocycles. The molecular formula is C15H18ClN3OS. The van der Waals surface area contributed by atoms with Gasteiger partial charge in [-0.3, -0.25) is 0 Å². The van der Waals surface area contributed by atoms with Crippen molar-refractivity contribution in [2.75, 3.05) is 44.4 Å². The number of anilines is 1. The van der Waals surface area contributed by atoms with E-state index in [2.05, 4.69) is 20.4 Å².